The summed E-state index contributed by atoms with van der Waals surface area (Å²) < 4.78 is 29.7. The van der Waals surface area contributed by atoms with Gasteiger partial charge >= 0.3 is 0 Å². The number of benzene rings is 4. The first-order chi connectivity index (χ1) is 49.2. The Morgan fingerprint density at radius 2 is 0.696 bits per heavy atom. The van der Waals surface area contributed by atoms with Gasteiger partial charge in [-0.25, -0.2) is 0 Å². The van der Waals surface area contributed by atoms with Crippen molar-refractivity contribution in [3.63, 3.8) is 0 Å². The SMILES string of the molecule is C.Cc1ccc(N2CCn3nc(OCc4cccc(C)n4)cc3C2=O)cc1.Cc1ccc(N2CCn3nc(OCc4ccccn4)cc3C2=O)cc1.Cc1ccc(N2CCn3nc(OCc4cccnc4)cc3C2=O)cc1.Cc1ccc(N2CCn3nc(OCc4ccncc4)cc3C2=O)cc1. The van der Waals surface area contributed by atoms with Crippen molar-refractivity contribution in [2.45, 2.75) is 94.7 Å². The number of aromatic nitrogens is 12. The Balaban J connectivity index is 0.000000128. The normalized spacial score (nSPS) is 13.5. The minimum absolute atomic E-state index is 0. The Morgan fingerprint density at radius 1 is 0.333 bits per heavy atom. The molecule has 0 bridgehead atoms. The third-order valence-electron chi connectivity index (χ3n) is 17.1. The molecule has 0 N–H and O–H groups in total. The van der Waals surface area contributed by atoms with Gasteiger partial charge in [-0.05, 0) is 131 Å². The van der Waals surface area contributed by atoms with Crippen LogP contribution in [0, 0.1) is 34.6 Å². The van der Waals surface area contributed by atoms with Gasteiger partial charge in [0.25, 0.3) is 23.6 Å². The van der Waals surface area contributed by atoms with Crippen LogP contribution >= 0.6 is 0 Å². The number of carbonyl (C=O) groups is 4. The van der Waals surface area contributed by atoms with Crippen LogP contribution in [0.4, 0.5) is 22.7 Å². The lowest BCUT2D eigenvalue weighted by molar-refractivity contribution is 0.0954. The summed E-state index contributed by atoms with van der Waals surface area (Å²) in [5.41, 5.74) is 15.1. The molecule has 0 fully saturated rings. The van der Waals surface area contributed by atoms with Crippen molar-refractivity contribution in [3.8, 4) is 23.5 Å². The van der Waals surface area contributed by atoms with Crippen LogP contribution < -0.4 is 38.5 Å². The van der Waals surface area contributed by atoms with E-state index in [1.165, 1.54) is 22.3 Å². The van der Waals surface area contributed by atoms with E-state index in [1.807, 2.05) is 192 Å². The fourth-order valence-electron chi connectivity index (χ4n) is 11.6. The lowest BCUT2D eigenvalue weighted by Gasteiger charge is -2.27. The molecule has 0 radical (unpaired) electrons. The molecule has 102 heavy (non-hydrogen) atoms. The van der Waals surface area contributed by atoms with E-state index < -0.39 is 0 Å². The highest BCUT2D eigenvalue weighted by molar-refractivity contribution is 6.08. The number of nitrogens with zero attached hydrogens (tertiary/aromatic N) is 16. The van der Waals surface area contributed by atoms with Crippen LogP contribution in [-0.4, -0.2) is 109 Å². The summed E-state index contributed by atoms with van der Waals surface area (Å²) in [5, 5.41) is 17.6. The number of hydrogen-bond acceptors (Lipinski definition) is 16. The van der Waals surface area contributed by atoms with Crippen LogP contribution in [0.5, 0.6) is 23.5 Å². The molecule has 0 atom stereocenters. The van der Waals surface area contributed by atoms with Gasteiger partial charge in [-0.1, -0.05) is 96.4 Å². The number of aryl methyl sites for hydroxylation is 5. The lowest BCUT2D eigenvalue weighted by Crippen LogP contribution is -2.40. The predicted octanol–water partition coefficient (Wildman–Crippen LogP) is 12.2. The van der Waals surface area contributed by atoms with Gasteiger partial charge in [-0.2, -0.15) is 0 Å². The van der Waals surface area contributed by atoms with E-state index in [0.717, 1.165) is 51.0 Å². The molecule has 0 saturated heterocycles. The smallest absolute Gasteiger partial charge is 0.276 e. The van der Waals surface area contributed by atoms with Gasteiger partial charge in [0.2, 0.25) is 23.5 Å². The summed E-state index contributed by atoms with van der Waals surface area (Å²) >= 11 is 0. The summed E-state index contributed by atoms with van der Waals surface area (Å²) in [6.45, 7) is 16.4. The fourth-order valence-corrected chi connectivity index (χ4v) is 11.6. The number of amides is 4. The molecule has 4 aliphatic heterocycles. The van der Waals surface area contributed by atoms with Crippen molar-refractivity contribution in [2.75, 3.05) is 45.8 Å². The molecule has 12 heterocycles. The molecule has 24 nitrogen and oxygen atoms in total. The predicted molar refractivity (Wildman–Crippen MR) is 386 cm³/mol. The summed E-state index contributed by atoms with van der Waals surface area (Å²) in [6, 6.07) is 57.7. The Labute approximate surface area is 591 Å². The fraction of sp³-hybridized carbons (Fsp3) is 0.231. The molecule has 0 spiro atoms. The molecule has 518 valence electrons. The van der Waals surface area contributed by atoms with Gasteiger partial charge < -0.3 is 38.5 Å². The Bertz CT molecular complexity index is 4470. The minimum Gasteiger partial charge on any atom is -0.472 e. The molecule has 16 rings (SSSR count). The molecule has 0 aliphatic carbocycles. The number of rotatable bonds is 16. The zero-order chi connectivity index (χ0) is 69.8. The maximum Gasteiger partial charge on any atom is 0.276 e. The van der Waals surface area contributed by atoms with E-state index in [4.69, 9.17) is 18.9 Å². The van der Waals surface area contributed by atoms with Crippen molar-refractivity contribution in [3.05, 3.63) is 286 Å². The second-order valence-corrected chi connectivity index (χ2v) is 24.5. The molecule has 24 heteroatoms. The highest BCUT2D eigenvalue weighted by Gasteiger charge is 2.32. The topological polar surface area (TPSA) is 241 Å². The first-order valence-electron chi connectivity index (χ1n) is 33.2. The van der Waals surface area contributed by atoms with Gasteiger partial charge in [0.1, 0.15) is 49.2 Å². The molecule has 0 unspecified atom stereocenters. The highest BCUT2D eigenvalue weighted by Crippen LogP contribution is 2.29. The van der Waals surface area contributed by atoms with Crippen molar-refractivity contribution < 1.29 is 38.1 Å². The van der Waals surface area contributed by atoms with Crippen LogP contribution in [0.1, 0.15) is 99.8 Å². The first-order valence-corrected chi connectivity index (χ1v) is 33.2. The van der Waals surface area contributed by atoms with E-state index in [0.29, 0.717) is 125 Å². The maximum absolute atomic E-state index is 12.8. The van der Waals surface area contributed by atoms with Gasteiger partial charge in [-0.15, -0.1) is 20.4 Å². The Hall–Kier alpha value is -12.6. The average molecular weight is 1370 g/mol. The first kappa shape index (κ1) is 69.3. The summed E-state index contributed by atoms with van der Waals surface area (Å²) in [6.07, 6.45) is 8.64. The lowest BCUT2D eigenvalue weighted by atomic mass is 10.2. The van der Waals surface area contributed by atoms with E-state index >= 15 is 0 Å². The van der Waals surface area contributed by atoms with Crippen LogP contribution in [0.25, 0.3) is 0 Å². The van der Waals surface area contributed by atoms with Gasteiger partial charge in [0, 0.05) is 115 Å². The van der Waals surface area contributed by atoms with Crippen LogP contribution in [-0.2, 0) is 52.6 Å². The maximum atomic E-state index is 12.8. The molecule has 4 aromatic carbocycles. The van der Waals surface area contributed by atoms with E-state index in [9.17, 15) is 19.2 Å². The third-order valence-corrected chi connectivity index (χ3v) is 17.1. The third kappa shape index (κ3) is 16.7. The number of fused-ring (bicyclic) bond motifs is 4. The monoisotopic (exact) mass is 1370 g/mol. The summed E-state index contributed by atoms with van der Waals surface area (Å²) in [4.78, 5) is 75.0. The van der Waals surface area contributed by atoms with Gasteiger partial charge in [0.05, 0.1) is 37.6 Å². The summed E-state index contributed by atoms with van der Waals surface area (Å²) in [7, 11) is 0. The van der Waals surface area contributed by atoms with Crippen LogP contribution in [0.2, 0.25) is 0 Å². The molecule has 4 amide bonds. The standard InChI is InChI=1S/C20H20N4O2.3C19H18N4O2.CH4/c1-14-6-8-17(9-7-14)23-10-11-24-18(20(23)25)12-19(22-24)26-13-16-5-3-4-15(2)21-16;1-14-2-4-16(5-3-14)22-10-11-23-17(19(22)24)12-18(21-23)25-13-15-6-8-20-9-7-15;1-14-4-6-16(7-5-14)22-9-10-23-17(19(22)24)11-18(21-23)25-13-15-3-2-8-20-12-15;1-14-5-7-16(8-6-14)22-10-11-23-17(19(22)24)12-18(21-23)25-13-15-4-2-3-9-20-15;/h3-9,12H,10-11,13H2,1-2H3;2-9,12H,10-11,13H2,1H3;2-8,11-12H,9-10,13H2,1H3;2-9,12H,10-11,13H2,1H3;1H4. The molecule has 12 aromatic rings. The number of anilines is 4. The largest absolute Gasteiger partial charge is 0.472 e. The second-order valence-electron chi connectivity index (χ2n) is 24.5. The van der Waals surface area contributed by atoms with Crippen molar-refractivity contribution >= 4 is 46.4 Å². The Kier molecular flexibility index (Phi) is 21.7. The van der Waals surface area contributed by atoms with Gasteiger partial charge in [-0.3, -0.25) is 57.8 Å². The molecule has 0 saturated carbocycles. The van der Waals surface area contributed by atoms with Crippen LogP contribution in [0.3, 0.4) is 0 Å². The second kappa shape index (κ2) is 31.9. The minimum atomic E-state index is -0.0599. The summed E-state index contributed by atoms with van der Waals surface area (Å²) in [5.74, 6) is 1.58. The number of pyridine rings is 4. The Morgan fingerprint density at radius 3 is 1.05 bits per heavy atom. The number of ether oxygens (including phenoxy) is 4. The van der Waals surface area contributed by atoms with E-state index in [2.05, 4.69) is 40.3 Å². The number of carbonyl (C=O) groups excluding carboxylic acids is 4. The van der Waals surface area contributed by atoms with E-state index in [-0.39, 0.29) is 31.1 Å². The van der Waals surface area contributed by atoms with Crippen molar-refractivity contribution in [1.82, 2.24) is 59.1 Å². The van der Waals surface area contributed by atoms with Gasteiger partial charge in [0.15, 0.2) is 0 Å². The highest BCUT2D eigenvalue weighted by atomic mass is 16.5. The molecule has 4 aliphatic rings. The quantitative estimate of drug-likeness (QED) is 0.0873. The van der Waals surface area contributed by atoms with Crippen molar-refractivity contribution in [1.29, 1.82) is 0 Å². The van der Waals surface area contributed by atoms with Crippen LogP contribution in [0.15, 0.2) is 213 Å². The van der Waals surface area contributed by atoms with E-state index in [1.54, 1.807) is 93.6 Å². The van der Waals surface area contributed by atoms with Crippen molar-refractivity contribution in [2.24, 2.45) is 0 Å². The zero-order valence-electron chi connectivity index (χ0n) is 56.6. The molecular weight excluding hydrogens is 1290 g/mol. The molecule has 8 aromatic heterocycles. The molecular formula is C78H78N16O8. The number of hydrogen-bond donors (Lipinski definition) is 0. The zero-order valence-corrected chi connectivity index (χ0v) is 56.6. The average Bonchev–Trinajstić information content (AvgIpc) is 1.57.